The van der Waals surface area contributed by atoms with Crippen LogP contribution in [0, 0.1) is 0 Å². The summed E-state index contributed by atoms with van der Waals surface area (Å²) in [7, 11) is 3.73. The van der Waals surface area contributed by atoms with Crippen LogP contribution in [0.25, 0.3) is 0 Å². The molecule has 1 aromatic heterocycles. The fourth-order valence-electron chi connectivity index (χ4n) is 1.85. The van der Waals surface area contributed by atoms with Crippen LogP contribution in [0.1, 0.15) is 11.1 Å². The molecule has 0 aliphatic rings. The van der Waals surface area contributed by atoms with Gasteiger partial charge in [0.15, 0.2) is 0 Å². The molecular weight excluding hydrogens is 272 g/mol. The predicted octanol–water partition coefficient (Wildman–Crippen LogP) is 0.992. The van der Waals surface area contributed by atoms with Crippen LogP contribution < -0.4 is 16.2 Å². The van der Waals surface area contributed by atoms with E-state index in [1.165, 1.54) is 4.68 Å². The molecule has 2 aromatic rings. The molecule has 0 saturated heterocycles. The van der Waals surface area contributed by atoms with Gasteiger partial charge in [-0.15, -0.1) is 0 Å². The highest BCUT2D eigenvalue weighted by atomic mass is 32.1. The van der Waals surface area contributed by atoms with Crippen LogP contribution in [0.3, 0.4) is 0 Å². The van der Waals surface area contributed by atoms with Gasteiger partial charge in [0.05, 0.1) is 18.4 Å². The van der Waals surface area contributed by atoms with Crippen molar-refractivity contribution in [2.24, 2.45) is 5.73 Å². The van der Waals surface area contributed by atoms with Gasteiger partial charge < -0.3 is 10.6 Å². The van der Waals surface area contributed by atoms with Crippen LogP contribution in [0.2, 0.25) is 0 Å². The van der Waals surface area contributed by atoms with Crippen molar-refractivity contribution in [2.45, 2.75) is 6.54 Å². The molecule has 5 nitrogen and oxygen atoms in total. The molecule has 1 heterocycles. The Morgan fingerprint density at radius 2 is 2.10 bits per heavy atom. The van der Waals surface area contributed by atoms with E-state index in [4.69, 9.17) is 18.0 Å². The molecule has 0 saturated carbocycles. The number of hydrogen-bond donors (Lipinski definition) is 1. The van der Waals surface area contributed by atoms with Gasteiger partial charge in [-0.3, -0.25) is 4.79 Å². The quantitative estimate of drug-likeness (QED) is 0.850. The summed E-state index contributed by atoms with van der Waals surface area (Å²) in [5, 5.41) is 4.17. The SMILES string of the molecule is CN(C)c1cnn(Cc2ccccc2C(N)=S)c(=O)c1. The summed E-state index contributed by atoms with van der Waals surface area (Å²) < 4.78 is 1.39. The molecule has 1 aromatic carbocycles. The monoisotopic (exact) mass is 288 g/mol. The zero-order chi connectivity index (χ0) is 14.7. The number of benzene rings is 1. The first-order valence-corrected chi connectivity index (χ1v) is 6.52. The molecule has 2 rings (SSSR count). The average molecular weight is 288 g/mol. The summed E-state index contributed by atoms with van der Waals surface area (Å²) in [6.45, 7) is 0.347. The van der Waals surface area contributed by atoms with E-state index in [0.29, 0.717) is 11.5 Å². The topological polar surface area (TPSA) is 64.2 Å². The first-order valence-electron chi connectivity index (χ1n) is 6.11. The van der Waals surface area contributed by atoms with E-state index in [2.05, 4.69) is 5.10 Å². The number of thiocarbonyl (C=S) groups is 1. The van der Waals surface area contributed by atoms with Gasteiger partial charge in [-0.1, -0.05) is 36.5 Å². The standard InChI is InChI=1S/C14H16N4OS/c1-17(2)11-7-13(19)18(16-8-11)9-10-5-3-4-6-12(10)14(15)20/h3-8H,9H2,1-2H3,(H2,15,20). The van der Waals surface area contributed by atoms with Crippen LogP contribution in [-0.2, 0) is 6.54 Å². The molecule has 0 radical (unpaired) electrons. The summed E-state index contributed by atoms with van der Waals surface area (Å²) in [6, 6.07) is 9.04. The van der Waals surface area contributed by atoms with E-state index >= 15 is 0 Å². The van der Waals surface area contributed by atoms with Crippen LogP contribution in [0.5, 0.6) is 0 Å². The van der Waals surface area contributed by atoms with Gasteiger partial charge in [-0.05, 0) is 5.56 Å². The highest BCUT2D eigenvalue weighted by molar-refractivity contribution is 7.80. The molecule has 0 bridgehead atoms. The highest BCUT2D eigenvalue weighted by Crippen LogP contribution is 2.10. The van der Waals surface area contributed by atoms with E-state index in [1.54, 1.807) is 12.3 Å². The van der Waals surface area contributed by atoms with E-state index in [-0.39, 0.29) is 5.56 Å². The third kappa shape index (κ3) is 3.03. The molecule has 0 atom stereocenters. The second-order valence-electron chi connectivity index (χ2n) is 4.63. The second kappa shape index (κ2) is 5.83. The third-order valence-corrected chi connectivity index (χ3v) is 3.19. The van der Waals surface area contributed by atoms with Gasteiger partial charge in [-0.2, -0.15) is 5.10 Å². The highest BCUT2D eigenvalue weighted by Gasteiger charge is 2.07. The molecule has 0 spiro atoms. The van der Waals surface area contributed by atoms with E-state index in [9.17, 15) is 4.79 Å². The van der Waals surface area contributed by atoms with Crippen molar-refractivity contribution >= 4 is 22.9 Å². The van der Waals surface area contributed by atoms with Gasteiger partial charge in [0.25, 0.3) is 5.56 Å². The Morgan fingerprint density at radius 1 is 1.40 bits per heavy atom. The minimum atomic E-state index is -0.158. The van der Waals surface area contributed by atoms with Gasteiger partial charge in [0.1, 0.15) is 4.99 Å². The first-order chi connectivity index (χ1) is 9.49. The average Bonchev–Trinajstić information content (AvgIpc) is 2.41. The van der Waals surface area contributed by atoms with E-state index in [0.717, 1.165) is 16.8 Å². The molecule has 20 heavy (non-hydrogen) atoms. The molecule has 6 heteroatoms. The van der Waals surface area contributed by atoms with E-state index in [1.807, 2.05) is 43.3 Å². The molecule has 0 aliphatic carbocycles. The second-order valence-corrected chi connectivity index (χ2v) is 5.07. The maximum absolute atomic E-state index is 12.0. The van der Waals surface area contributed by atoms with Crippen molar-refractivity contribution in [3.8, 4) is 0 Å². The lowest BCUT2D eigenvalue weighted by Crippen LogP contribution is -2.25. The van der Waals surface area contributed by atoms with Crippen molar-refractivity contribution in [3.63, 3.8) is 0 Å². The van der Waals surface area contributed by atoms with Crippen LogP contribution in [0.15, 0.2) is 41.3 Å². The predicted molar refractivity (Wildman–Crippen MR) is 84.3 cm³/mol. The zero-order valence-corrected chi connectivity index (χ0v) is 12.2. The summed E-state index contributed by atoms with van der Waals surface area (Å²) in [4.78, 5) is 14.2. The van der Waals surface area contributed by atoms with Gasteiger partial charge in [0, 0.05) is 25.7 Å². The van der Waals surface area contributed by atoms with Crippen molar-refractivity contribution in [3.05, 3.63) is 58.0 Å². The minimum Gasteiger partial charge on any atom is -0.389 e. The molecule has 104 valence electrons. The normalized spacial score (nSPS) is 10.3. The molecule has 2 N–H and O–H groups in total. The molecular formula is C14H16N4OS. The number of nitrogens with zero attached hydrogens (tertiary/aromatic N) is 3. The molecule has 0 fully saturated rings. The number of nitrogens with two attached hydrogens (primary N) is 1. The zero-order valence-electron chi connectivity index (χ0n) is 11.4. The molecule has 0 unspecified atom stereocenters. The Hall–Kier alpha value is -2.21. The van der Waals surface area contributed by atoms with Crippen molar-refractivity contribution in [1.29, 1.82) is 0 Å². The Morgan fingerprint density at radius 3 is 2.70 bits per heavy atom. The van der Waals surface area contributed by atoms with Crippen LogP contribution >= 0.6 is 12.2 Å². The van der Waals surface area contributed by atoms with Crippen LogP contribution in [0.4, 0.5) is 5.69 Å². The largest absolute Gasteiger partial charge is 0.389 e. The number of anilines is 1. The number of rotatable bonds is 4. The Balaban J connectivity index is 2.36. The van der Waals surface area contributed by atoms with Gasteiger partial charge >= 0.3 is 0 Å². The molecule has 0 amide bonds. The Kier molecular flexibility index (Phi) is 4.14. The maximum Gasteiger partial charge on any atom is 0.269 e. The third-order valence-electron chi connectivity index (χ3n) is 2.97. The summed E-state index contributed by atoms with van der Waals surface area (Å²) in [5.74, 6) is 0. The number of aromatic nitrogens is 2. The summed E-state index contributed by atoms with van der Waals surface area (Å²) in [6.07, 6.45) is 1.66. The van der Waals surface area contributed by atoms with Crippen molar-refractivity contribution in [1.82, 2.24) is 9.78 Å². The Bertz CT molecular complexity index is 694. The minimum absolute atomic E-state index is 0.158. The lowest BCUT2D eigenvalue weighted by atomic mass is 10.1. The summed E-state index contributed by atoms with van der Waals surface area (Å²) in [5.41, 5.74) is 7.95. The van der Waals surface area contributed by atoms with Gasteiger partial charge in [0.2, 0.25) is 0 Å². The van der Waals surface area contributed by atoms with Crippen LogP contribution in [-0.4, -0.2) is 28.9 Å². The fourth-order valence-corrected chi connectivity index (χ4v) is 2.05. The first kappa shape index (κ1) is 14.2. The Labute approximate surface area is 122 Å². The summed E-state index contributed by atoms with van der Waals surface area (Å²) >= 11 is 5.02. The fraction of sp³-hybridized carbons (Fsp3) is 0.214. The van der Waals surface area contributed by atoms with Gasteiger partial charge in [-0.25, -0.2) is 4.68 Å². The lowest BCUT2D eigenvalue weighted by molar-refractivity contribution is 0.638. The number of hydrogen-bond acceptors (Lipinski definition) is 4. The smallest absolute Gasteiger partial charge is 0.269 e. The maximum atomic E-state index is 12.0. The van der Waals surface area contributed by atoms with Crippen molar-refractivity contribution < 1.29 is 0 Å². The van der Waals surface area contributed by atoms with Crippen molar-refractivity contribution in [2.75, 3.05) is 19.0 Å². The lowest BCUT2D eigenvalue weighted by Gasteiger charge is -2.13. The molecule has 0 aliphatic heterocycles. The van der Waals surface area contributed by atoms with E-state index < -0.39 is 0 Å².